The summed E-state index contributed by atoms with van der Waals surface area (Å²) in [5.74, 6) is -0.209. The second-order valence-corrected chi connectivity index (χ2v) is 5.19. The van der Waals surface area contributed by atoms with Gasteiger partial charge in [0.15, 0.2) is 6.61 Å². The van der Waals surface area contributed by atoms with E-state index in [1.54, 1.807) is 36.4 Å². The normalized spacial score (nSPS) is 12.8. The minimum atomic E-state index is -0.311. The second kappa shape index (κ2) is 6.48. The lowest BCUT2D eigenvalue weighted by atomic mass is 10.1. The molecule has 0 atom stereocenters. The summed E-state index contributed by atoms with van der Waals surface area (Å²) in [7, 11) is 0. The van der Waals surface area contributed by atoms with Gasteiger partial charge in [-0.15, -0.1) is 0 Å². The fourth-order valence-corrected chi connectivity index (χ4v) is 2.33. The molecule has 0 saturated carbocycles. The molecular formula is C17H15FN2O3. The van der Waals surface area contributed by atoms with Gasteiger partial charge in [-0.3, -0.25) is 9.59 Å². The summed E-state index contributed by atoms with van der Waals surface area (Å²) in [5.41, 5.74) is 1.58. The average Bonchev–Trinajstić information content (AvgIpc) is 2.54. The average molecular weight is 314 g/mol. The summed E-state index contributed by atoms with van der Waals surface area (Å²) >= 11 is 0. The van der Waals surface area contributed by atoms with Crippen molar-refractivity contribution < 1.29 is 18.7 Å². The highest BCUT2D eigenvalue weighted by molar-refractivity contribution is 5.97. The molecule has 118 valence electrons. The van der Waals surface area contributed by atoms with Crippen molar-refractivity contribution in [3.05, 3.63) is 53.8 Å². The molecular weight excluding hydrogens is 299 g/mol. The zero-order chi connectivity index (χ0) is 16.2. The summed E-state index contributed by atoms with van der Waals surface area (Å²) in [6.45, 7) is -0.0126. The Bertz CT molecular complexity index is 761. The molecule has 0 aliphatic carbocycles. The molecule has 2 amide bonds. The SMILES string of the molecule is O=C(CCc1ccccc1F)Nc1ccc2c(c1)NC(=O)CO2. The number of fused-ring (bicyclic) bond motifs is 1. The number of ether oxygens (including phenoxy) is 1. The number of hydrogen-bond donors (Lipinski definition) is 2. The van der Waals surface area contributed by atoms with Gasteiger partial charge in [0.25, 0.3) is 5.91 Å². The minimum Gasteiger partial charge on any atom is -0.482 e. The van der Waals surface area contributed by atoms with Crippen molar-refractivity contribution in [3.8, 4) is 5.75 Å². The van der Waals surface area contributed by atoms with Gasteiger partial charge in [0.05, 0.1) is 5.69 Å². The topological polar surface area (TPSA) is 67.4 Å². The number of hydrogen-bond acceptors (Lipinski definition) is 3. The Labute approximate surface area is 132 Å². The monoisotopic (exact) mass is 314 g/mol. The lowest BCUT2D eigenvalue weighted by molar-refractivity contribution is -0.118. The Morgan fingerprint density at radius 3 is 2.91 bits per heavy atom. The number of anilines is 2. The van der Waals surface area contributed by atoms with Crippen LogP contribution in [0.15, 0.2) is 42.5 Å². The molecule has 2 aromatic rings. The summed E-state index contributed by atoms with van der Waals surface area (Å²) < 4.78 is 18.8. The van der Waals surface area contributed by atoms with E-state index in [1.807, 2.05) is 0 Å². The summed E-state index contributed by atoms with van der Waals surface area (Å²) in [6, 6.07) is 11.4. The predicted octanol–water partition coefficient (Wildman–Crippen LogP) is 2.73. The molecule has 0 fully saturated rings. The molecule has 3 rings (SSSR count). The fraction of sp³-hybridized carbons (Fsp3) is 0.176. The first-order valence-electron chi connectivity index (χ1n) is 7.22. The number of nitrogens with one attached hydrogen (secondary N) is 2. The Kier molecular flexibility index (Phi) is 4.23. The van der Waals surface area contributed by atoms with E-state index in [4.69, 9.17) is 4.74 Å². The Morgan fingerprint density at radius 2 is 2.09 bits per heavy atom. The highest BCUT2D eigenvalue weighted by Crippen LogP contribution is 2.30. The second-order valence-electron chi connectivity index (χ2n) is 5.19. The maximum atomic E-state index is 13.5. The lowest BCUT2D eigenvalue weighted by Crippen LogP contribution is -2.25. The van der Waals surface area contributed by atoms with Gasteiger partial charge in [0.2, 0.25) is 5.91 Å². The van der Waals surface area contributed by atoms with Crippen molar-refractivity contribution in [2.24, 2.45) is 0 Å². The van der Waals surface area contributed by atoms with E-state index in [2.05, 4.69) is 10.6 Å². The lowest BCUT2D eigenvalue weighted by Gasteiger charge is -2.18. The van der Waals surface area contributed by atoms with Crippen molar-refractivity contribution >= 4 is 23.2 Å². The van der Waals surface area contributed by atoms with Gasteiger partial charge in [-0.1, -0.05) is 18.2 Å². The first-order chi connectivity index (χ1) is 11.1. The van der Waals surface area contributed by atoms with Crippen LogP contribution in [0.5, 0.6) is 5.75 Å². The van der Waals surface area contributed by atoms with Gasteiger partial charge in [0, 0.05) is 12.1 Å². The molecule has 6 heteroatoms. The zero-order valence-electron chi connectivity index (χ0n) is 12.3. The number of amides is 2. The van der Waals surface area contributed by atoms with E-state index < -0.39 is 0 Å². The van der Waals surface area contributed by atoms with Crippen molar-refractivity contribution in [1.82, 2.24) is 0 Å². The Morgan fingerprint density at radius 1 is 1.26 bits per heavy atom. The van der Waals surface area contributed by atoms with Crippen LogP contribution in [0.3, 0.4) is 0 Å². The maximum absolute atomic E-state index is 13.5. The molecule has 0 bridgehead atoms. The van der Waals surface area contributed by atoms with Gasteiger partial charge >= 0.3 is 0 Å². The van der Waals surface area contributed by atoms with Crippen LogP contribution in [0.2, 0.25) is 0 Å². The molecule has 5 nitrogen and oxygen atoms in total. The Balaban J connectivity index is 1.61. The van der Waals surface area contributed by atoms with Crippen LogP contribution in [0.4, 0.5) is 15.8 Å². The largest absolute Gasteiger partial charge is 0.482 e. The van der Waals surface area contributed by atoms with Crippen molar-refractivity contribution in [3.63, 3.8) is 0 Å². The first kappa shape index (κ1) is 15.0. The maximum Gasteiger partial charge on any atom is 0.262 e. The third-order valence-corrected chi connectivity index (χ3v) is 3.48. The highest BCUT2D eigenvalue weighted by Gasteiger charge is 2.16. The fourth-order valence-electron chi connectivity index (χ4n) is 2.33. The predicted molar refractivity (Wildman–Crippen MR) is 83.9 cm³/mol. The van der Waals surface area contributed by atoms with Crippen molar-refractivity contribution in [1.29, 1.82) is 0 Å². The van der Waals surface area contributed by atoms with Gasteiger partial charge in [-0.05, 0) is 36.2 Å². The van der Waals surface area contributed by atoms with Crippen LogP contribution >= 0.6 is 0 Å². The van der Waals surface area contributed by atoms with Crippen LogP contribution in [-0.2, 0) is 16.0 Å². The molecule has 0 spiro atoms. The number of benzene rings is 2. The molecule has 1 aliphatic heterocycles. The van der Waals surface area contributed by atoms with E-state index in [9.17, 15) is 14.0 Å². The third kappa shape index (κ3) is 3.66. The number of carbonyl (C=O) groups is 2. The number of rotatable bonds is 4. The van der Waals surface area contributed by atoms with E-state index in [-0.39, 0.29) is 30.7 Å². The van der Waals surface area contributed by atoms with E-state index in [0.29, 0.717) is 29.1 Å². The third-order valence-electron chi connectivity index (χ3n) is 3.48. The van der Waals surface area contributed by atoms with Crippen molar-refractivity contribution in [2.45, 2.75) is 12.8 Å². The summed E-state index contributed by atoms with van der Waals surface area (Å²) in [6.07, 6.45) is 0.490. The van der Waals surface area contributed by atoms with Crippen LogP contribution in [0.25, 0.3) is 0 Å². The van der Waals surface area contributed by atoms with E-state index in [0.717, 1.165) is 0 Å². The quantitative estimate of drug-likeness (QED) is 0.912. The first-order valence-corrected chi connectivity index (χ1v) is 7.22. The molecule has 0 saturated heterocycles. The van der Waals surface area contributed by atoms with E-state index >= 15 is 0 Å². The molecule has 0 radical (unpaired) electrons. The Hall–Kier alpha value is -2.89. The van der Waals surface area contributed by atoms with Gasteiger partial charge in [-0.25, -0.2) is 4.39 Å². The highest BCUT2D eigenvalue weighted by atomic mass is 19.1. The summed E-state index contributed by atoms with van der Waals surface area (Å²) in [5, 5.41) is 5.40. The molecule has 2 aromatic carbocycles. The molecule has 1 heterocycles. The van der Waals surface area contributed by atoms with Gasteiger partial charge < -0.3 is 15.4 Å². The van der Waals surface area contributed by atoms with Gasteiger partial charge in [0.1, 0.15) is 11.6 Å². The van der Waals surface area contributed by atoms with Crippen LogP contribution in [0, 0.1) is 5.82 Å². The number of aryl methyl sites for hydroxylation is 1. The molecule has 1 aliphatic rings. The van der Waals surface area contributed by atoms with E-state index in [1.165, 1.54) is 6.07 Å². The van der Waals surface area contributed by atoms with Crippen molar-refractivity contribution in [2.75, 3.05) is 17.2 Å². The molecule has 2 N–H and O–H groups in total. The number of halogens is 1. The molecule has 0 aromatic heterocycles. The van der Waals surface area contributed by atoms with Crippen LogP contribution < -0.4 is 15.4 Å². The number of carbonyl (C=O) groups excluding carboxylic acids is 2. The smallest absolute Gasteiger partial charge is 0.262 e. The van der Waals surface area contributed by atoms with Gasteiger partial charge in [-0.2, -0.15) is 0 Å². The zero-order valence-corrected chi connectivity index (χ0v) is 12.3. The molecule has 0 unspecified atom stereocenters. The van der Waals surface area contributed by atoms with Crippen LogP contribution in [0.1, 0.15) is 12.0 Å². The van der Waals surface area contributed by atoms with Crippen LogP contribution in [-0.4, -0.2) is 18.4 Å². The minimum absolute atomic E-state index is 0.0126. The molecule has 23 heavy (non-hydrogen) atoms. The standard InChI is InChI=1S/C17H15FN2O3/c18-13-4-2-1-3-11(13)5-8-16(21)19-12-6-7-15-14(9-12)20-17(22)10-23-15/h1-4,6-7,9H,5,8,10H2,(H,19,21)(H,20,22). The summed E-state index contributed by atoms with van der Waals surface area (Å²) in [4.78, 5) is 23.3.